The van der Waals surface area contributed by atoms with Crippen molar-refractivity contribution >= 4 is 5.69 Å². The van der Waals surface area contributed by atoms with Gasteiger partial charge in [0.05, 0.1) is 14.2 Å². The summed E-state index contributed by atoms with van der Waals surface area (Å²) in [7, 11) is 3.32. The number of methoxy groups -OCH3 is 2. The molecule has 0 aliphatic rings. The van der Waals surface area contributed by atoms with Crippen LogP contribution in [0.3, 0.4) is 0 Å². The fraction of sp³-hybridized carbons (Fsp3) is 0.625. The van der Waals surface area contributed by atoms with Gasteiger partial charge in [0.25, 0.3) is 0 Å². The lowest BCUT2D eigenvalue weighted by molar-refractivity contribution is 0.298. The van der Waals surface area contributed by atoms with E-state index in [2.05, 4.69) is 30.1 Å². The van der Waals surface area contributed by atoms with Crippen molar-refractivity contribution in [3.8, 4) is 11.5 Å². The molecule has 4 nitrogen and oxygen atoms in total. The number of hydrogen-bond donors (Lipinski definition) is 1. The van der Waals surface area contributed by atoms with Gasteiger partial charge in [0, 0.05) is 12.6 Å². The molecule has 0 bridgehead atoms. The number of anilines is 1. The fourth-order valence-electron chi connectivity index (χ4n) is 2.17. The fourth-order valence-corrected chi connectivity index (χ4v) is 2.17. The van der Waals surface area contributed by atoms with Crippen molar-refractivity contribution < 1.29 is 9.47 Å². The summed E-state index contributed by atoms with van der Waals surface area (Å²) in [6.07, 6.45) is 2.31. The average molecular weight is 279 g/mol. The van der Waals surface area contributed by atoms with E-state index >= 15 is 0 Å². The van der Waals surface area contributed by atoms with Crippen molar-refractivity contribution in [2.45, 2.75) is 26.7 Å². The lowest BCUT2D eigenvalue weighted by atomic mass is 10.2. The number of rotatable bonds is 10. The van der Waals surface area contributed by atoms with E-state index in [1.807, 2.05) is 12.1 Å². The SMILES string of the molecule is CCN(CC)CCCCNc1c(OC)[c]ccc1OC. The second-order valence-corrected chi connectivity index (χ2v) is 4.62. The molecule has 4 heteroatoms. The van der Waals surface area contributed by atoms with Gasteiger partial charge >= 0.3 is 0 Å². The van der Waals surface area contributed by atoms with Crippen LogP contribution in [-0.2, 0) is 0 Å². The van der Waals surface area contributed by atoms with Gasteiger partial charge in [0.1, 0.15) is 11.4 Å². The number of nitrogens with zero attached hydrogens (tertiary/aromatic N) is 1. The number of ether oxygens (including phenoxy) is 2. The molecule has 0 unspecified atom stereocenters. The standard InChI is InChI=1S/C16H27N2O2/c1-5-18(6-2)13-8-7-12-17-16-14(19-3)10-9-11-15(16)20-4/h9-10,17H,5-8,12-13H2,1-4H3. The normalized spacial score (nSPS) is 10.7. The summed E-state index contributed by atoms with van der Waals surface area (Å²) < 4.78 is 10.7. The van der Waals surface area contributed by atoms with Crippen LogP contribution in [0.2, 0.25) is 0 Å². The third-order valence-corrected chi connectivity index (χ3v) is 3.44. The van der Waals surface area contributed by atoms with Gasteiger partial charge in [-0.05, 0) is 44.6 Å². The monoisotopic (exact) mass is 279 g/mol. The molecule has 20 heavy (non-hydrogen) atoms. The lowest BCUT2D eigenvalue weighted by Crippen LogP contribution is -2.24. The minimum Gasteiger partial charge on any atom is -0.494 e. The summed E-state index contributed by atoms with van der Waals surface area (Å²) in [5, 5.41) is 3.39. The second-order valence-electron chi connectivity index (χ2n) is 4.62. The molecule has 0 amide bonds. The molecule has 0 saturated carbocycles. The van der Waals surface area contributed by atoms with Crippen molar-refractivity contribution in [2.75, 3.05) is 45.7 Å². The van der Waals surface area contributed by atoms with Crippen LogP contribution in [0, 0.1) is 6.07 Å². The van der Waals surface area contributed by atoms with E-state index in [1.54, 1.807) is 14.2 Å². The third-order valence-electron chi connectivity index (χ3n) is 3.44. The van der Waals surface area contributed by atoms with Crippen LogP contribution in [-0.4, -0.2) is 45.3 Å². The molecule has 0 fully saturated rings. The van der Waals surface area contributed by atoms with Gasteiger partial charge in [-0.25, -0.2) is 0 Å². The maximum absolute atomic E-state index is 5.35. The van der Waals surface area contributed by atoms with E-state index < -0.39 is 0 Å². The highest BCUT2D eigenvalue weighted by Gasteiger charge is 2.09. The van der Waals surface area contributed by atoms with Gasteiger partial charge in [-0.2, -0.15) is 0 Å². The first-order chi connectivity index (χ1) is 9.76. The first-order valence-electron chi connectivity index (χ1n) is 7.35. The number of nitrogens with one attached hydrogen (secondary N) is 1. The highest BCUT2D eigenvalue weighted by molar-refractivity contribution is 5.65. The van der Waals surface area contributed by atoms with E-state index in [9.17, 15) is 0 Å². The number of benzene rings is 1. The van der Waals surface area contributed by atoms with Crippen LogP contribution in [0.15, 0.2) is 12.1 Å². The van der Waals surface area contributed by atoms with Gasteiger partial charge < -0.3 is 19.7 Å². The molecule has 1 aromatic carbocycles. The van der Waals surface area contributed by atoms with E-state index in [4.69, 9.17) is 9.47 Å². The van der Waals surface area contributed by atoms with E-state index in [-0.39, 0.29) is 0 Å². The Kier molecular flexibility index (Phi) is 7.88. The van der Waals surface area contributed by atoms with Crippen molar-refractivity contribution in [1.29, 1.82) is 0 Å². The summed E-state index contributed by atoms with van der Waals surface area (Å²) >= 11 is 0. The molecule has 0 saturated heterocycles. The summed E-state index contributed by atoms with van der Waals surface area (Å²) in [4.78, 5) is 2.44. The van der Waals surface area contributed by atoms with Crippen LogP contribution in [0.25, 0.3) is 0 Å². The predicted molar refractivity (Wildman–Crippen MR) is 83.9 cm³/mol. The minimum absolute atomic E-state index is 0.702. The molecular formula is C16H27N2O2. The van der Waals surface area contributed by atoms with Crippen molar-refractivity contribution in [3.05, 3.63) is 18.2 Å². The van der Waals surface area contributed by atoms with Gasteiger partial charge in [-0.15, -0.1) is 0 Å². The largest absolute Gasteiger partial charge is 0.494 e. The van der Waals surface area contributed by atoms with Crippen molar-refractivity contribution in [1.82, 2.24) is 4.90 Å². The highest BCUT2D eigenvalue weighted by Crippen LogP contribution is 2.33. The third kappa shape index (κ3) is 4.93. The highest BCUT2D eigenvalue weighted by atomic mass is 16.5. The molecule has 0 aliphatic heterocycles. The van der Waals surface area contributed by atoms with Crippen LogP contribution < -0.4 is 14.8 Å². The zero-order valence-electron chi connectivity index (χ0n) is 13.2. The maximum atomic E-state index is 5.35. The zero-order valence-corrected chi connectivity index (χ0v) is 13.2. The smallest absolute Gasteiger partial charge is 0.153 e. The minimum atomic E-state index is 0.702. The Morgan fingerprint density at radius 1 is 1.15 bits per heavy atom. The van der Waals surface area contributed by atoms with Gasteiger partial charge in [0.15, 0.2) is 5.75 Å². The summed E-state index contributed by atoms with van der Waals surface area (Å²) in [6.45, 7) is 8.72. The van der Waals surface area contributed by atoms with Crippen LogP contribution in [0.1, 0.15) is 26.7 Å². The Bertz CT molecular complexity index is 356. The molecule has 1 N–H and O–H groups in total. The average Bonchev–Trinajstić information content (AvgIpc) is 2.50. The summed E-state index contributed by atoms with van der Waals surface area (Å²) in [6, 6.07) is 6.76. The topological polar surface area (TPSA) is 33.7 Å². The molecular weight excluding hydrogens is 252 g/mol. The van der Waals surface area contributed by atoms with E-state index in [0.29, 0.717) is 5.75 Å². The number of unbranched alkanes of at least 4 members (excludes halogenated alkanes) is 1. The Hall–Kier alpha value is -1.42. The Balaban J connectivity index is 2.42. The maximum Gasteiger partial charge on any atom is 0.153 e. The summed E-state index contributed by atoms with van der Waals surface area (Å²) in [5.74, 6) is 1.50. The summed E-state index contributed by atoms with van der Waals surface area (Å²) in [5.41, 5.74) is 0.889. The van der Waals surface area contributed by atoms with Gasteiger partial charge in [-0.1, -0.05) is 13.8 Å². The van der Waals surface area contributed by atoms with Crippen LogP contribution in [0.4, 0.5) is 5.69 Å². The molecule has 0 spiro atoms. The van der Waals surface area contributed by atoms with E-state index in [0.717, 1.165) is 44.0 Å². The zero-order chi connectivity index (χ0) is 14.8. The molecule has 0 aliphatic carbocycles. The first kappa shape index (κ1) is 16.6. The lowest BCUT2D eigenvalue weighted by Gasteiger charge is -2.18. The molecule has 1 rings (SSSR count). The molecule has 113 valence electrons. The van der Waals surface area contributed by atoms with Gasteiger partial charge in [0.2, 0.25) is 0 Å². The Morgan fingerprint density at radius 3 is 2.50 bits per heavy atom. The van der Waals surface area contributed by atoms with Crippen LogP contribution >= 0.6 is 0 Å². The predicted octanol–water partition coefficient (Wildman–Crippen LogP) is 3.04. The van der Waals surface area contributed by atoms with E-state index in [1.165, 1.54) is 6.42 Å². The van der Waals surface area contributed by atoms with Crippen molar-refractivity contribution in [2.24, 2.45) is 0 Å². The second kappa shape index (κ2) is 9.48. The molecule has 1 aromatic rings. The van der Waals surface area contributed by atoms with Crippen molar-refractivity contribution in [3.63, 3.8) is 0 Å². The Morgan fingerprint density at radius 2 is 1.90 bits per heavy atom. The quantitative estimate of drug-likeness (QED) is 0.668. The molecule has 0 atom stereocenters. The molecule has 0 aromatic heterocycles. The Labute approximate surface area is 123 Å². The van der Waals surface area contributed by atoms with Crippen LogP contribution in [0.5, 0.6) is 11.5 Å². The van der Waals surface area contributed by atoms with Gasteiger partial charge in [-0.3, -0.25) is 0 Å². The molecule has 1 radical (unpaired) electrons. The molecule has 0 heterocycles. The number of hydrogen-bond acceptors (Lipinski definition) is 4. The first-order valence-corrected chi connectivity index (χ1v) is 7.35.